The minimum absolute atomic E-state index is 0.0865. The first kappa shape index (κ1) is 22.9. The van der Waals surface area contributed by atoms with Gasteiger partial charge in [0.05, 0.1) is 12.3 Å². The Labute approximate surface area is 191 Å². The molecule has 32 heavy (non-hydrogen) atoms. The summed E-state index contributed by atoms with van der Waals surface area (Å²) in [4.78, 5) is 21.2. The number of pyridine rings is 2. The Kier molecular flexibility index (Phi) is 8.24. The highest BCUT2D eigenvalue weighted by atomic mass is 16.5. The maximum absolute atomic E-state index is 12.5. The molecule has 172 valence electrons. The minimum atomic E-state index is -0.185. The summed E-state index contributed by atoms with van der Waals surface area (Å²) < 4.78 is 6.44. The second kappa shape index (κ2) is 11.5. The third-order valence-electron chi connectivity index (χ3n) is 6.79. The van der Waals surface area contributed by atoms with Gasteiger partial charge in [-0.25, -0.2) is 0 Å². The first-order valence-electron chi connectivity index (χ1n) is 12.2. The highest BCUT2D eigenvalue weighted by molar-refractivity contribution is 5.92. The van der Waals surface area contributed by atoms with Gasteiger partial charge in [0.15, 0.2) is 6.23 Å². The van der Waals surface area contributed by atoms with E-state index >= 15 is 0 Å². The average molecular weight is 437 g/mol. The van der Waals surface area contributed by atoms with Crippen LogP contribution in [0.1, 0.15) is 80.7 Å². The van der Waals surface area contributed by atoms with Crippen molar-refractivity contribution >= 4 is 5.91 Å². The van der Waals surface area contributed by atoms with Crippen LogP contribution in [-0.2, 0) is 4.74 Å². The van der Waals surface area contributed by atoms with Gasteiger partial charge in [-0.05, 0) is 68.2 Å². The lowest BCUT2D eigenvalue weighted by atomic mass is 9.86. The van der Waals surface area contributed by atoms with Gasteiger partial charge in [-0.2, -0.15) is 0 Å². The van der Waals surface area contributed by atoms with E-state index in [0.717, 1.165) is 37.3 Å². The van der Waals surface area contributed by atoms with Gasteiger partial charge in [0.2, 0.25) is 0 Å². The smallest absolute Gasteiger partial charge is 0.270 e. The summed E-state index contributed by atoms with van der Waals surface area (Å²) in [6, 6.07) is 12.1. The molecule has 2 aliphatic rings. The van der Waals surface area contributed by atoms with Crippen molar-refractivity contribution in [3.05, 3.63) is 60.2 Å². The lowest BCUT2D eigenvalue weighted by molar-refractivity contribution is -0.0155. The van der Waals surface area contributed by atoms with Crippen LogP contribution in [0.2, 0.25) is 0 Å². The fraction of sp³-hybridized carbons (Fsp3) is 0.577. The van der Waals surface area contributed by atoms with Gasteiger partial charge in [0, 0.05) is 24.5 Å². The Morgan fingerprint density at radius 3 is 2.53 bits per heavy atom. The standard InChI is InChI=1S/C26H36N4O2/c1-19-8-6-10-21(16-19)30-26(24-13-3-5-15-28-24)32-18-20-9-7-11-22(17-20)29-25(31)23-12-2-4-14-27-23/h2-5,12-15,19-22,26,30H,6-11,16-18H2,1H3,(H,29,31)/t19-,20-,21?,22-,26?/m1/s1. The van der Waals surface area contributed by atoms with Gasteiger partial charge < -0.3 is 10.1 Å². The predicted octanol–water partition coefficient (Wildman–Crippen LogP) is 4.65. The summed E-state index contributed by atoms with van der Waals surface area (Å²) >= 11 is 0. The van der Waals surface area contributed by atoms with Gasteiger partial charge in [-0.3, -0.25) is 20.1 Å². The van der Waals surface area contributed by atoms with Crippen molar-refractivity contribution in [3.8, 4) is 0 Å². The molecule has 5 atom stereocenters. The van der Waals surface area contributed by atoms with E-state index in [1.807, 2.05) is 36.5 Å². The maximum Gasteiger partial charge on any atom is 0.270 e. The maximum atomic E-state index is 12.5. The molecule has 2 N–H and O–H groups in total. The van der Waals surface area contributed by atoms with Crippen LogP contribution in [0.15, 0.2) is 48.8 Å². The molecule has 0 radical (unpaired) electrons. The quantitative estimate of drug-likeness (QED) is 0.589. The highest BCUT2D eigenvalue weighted by Crippen LogP contribution is 2.28. The summed E-state index contributed by atoms with van der Waals surface area (Å²) in [5.74, 6) is 1.10. The first-order valence-corrected chi connectivity index (χ1v) is 12.2. The number of carbonyl (C=O) groups excluding carboxylic acids is 1. The summed E-state index contributed by atoms with van der Waals surface area (Å²) in [6.07, 6.45) is 12.5. The molecule has 2 heterocycles. The number of hydrogen-bond donors (Lipinski definition) is 2. The van der Waals surface area contributed by atoms with E-state index in [4.69, 9.17) is 4.74 Å². The first-order chi connectivity index (χ1) is 15.7. The van der Waals surface area contributed by atoms with Crippen molar-refractivity contribution in [2.45, 2.75) is 76.6 Å². The van der Waals surface area contributed by atoms with Crippen LogP contribution in [0.4, 0.5) is 0 Å². The van der Waals surface area contributed by atoms with Crippen molar-refractivity contribution in [1.82, 2.24) is 20.6 Å². The molecule has 2 aromatic heterocycles. The number of aromatic nitrogens is 2. The number of nitrogens with zero attached hydrogens (tertiary/aromatic N) is 2. The average Bonchev–Trinajstić information content (AvgIpc) is 2.83. The van der Waals surface area contributed by atoms with Crippen LogP contribution in [0.3, 0.4) is 0 Å². The summed E-state index contributed by atoms with van der Waals surface area (Å²) in [5.41, 5.74) is 1.42. The Hall–Kier alpha value is -2.31. The van der Waals surface area contributed by atoms with Crippen LogP contribution in [-0.4, -0.2) is 34.6 Å². The van der Waals surface area contributed by atoms with Crippen LogP contribution in [0.5, 0.6) is 0 Å². The number of rotatable bonds is 8. The van der Waals surface area contributed by atoms with E-state index in [1.54, 1.807) is 12.3 Å². The molecule has 2 aliphatic carbocycles. The lowest BCUT2D eigenvalue weighted by Crippen LogP contribution is -2.41. The minimum Gasteiger partial charge on any atom is -0.357 e. The van der Waals surface area contributed by atoms with Gasteiger partial charge >= 0.3 is 0 Å². The molecule has 6 heteroatoms. The molecule has 1 amide bonds. The monoisotopic (exact) mass is 436 g/mol. The van der Waals surface area contributed by atoms with Gasteiger partial charge in [0.25, 0.3) is 5.91 Å². The topological polar surface area (TPSA) is 76.1 Å². The zero-order chi connectivity index (χ0) is 22.2. The van der Waals surface area contributed by atoms with Gasteiger partial charge in [-0.1, -0.05) is 38.3 Å². The fourth-order valence-electron chi connectivity index (χ4n) is 5.11. The molecule has 0 aromatic carbocycles. The third kappa shape index (κ3) is 6.59. The lowest BCUT2D eigenvalue weighted by Gasteiger charge is -2.33. The molecule has 0 bridgehead atoms. The number of hydrogen-bond acceptors (Lipinski definition) is 5. The Balaban J connectivity index is 1.32. The SMILES string of the molecule is C[C@@H]1CCCC(NC(OC[C@@H]2CCC[C@@H](NC(=O)c3ccccn3)C2)c2ccccn2)C1. The Bertz CT molecular complexity index is 832. The second-order valence-electron chi connectivity index (χ2n) is 9.52. The summed E-state index contributed by atoms with van der Waals surface area (Å²) in [6.45, 7) is 3.01. The number of nitrogens with one attached hydrogen (secondary N) is 2. The molecule has 4 rings (SSSR count). The normalized spacial score (nSPS) is 26.9. The van der Waals surface area contributed by atoms with Crippen LogP contribution >= 0.6 is 0 Å². The molecule has 0 aliphatic heterocycles. The largest absolute Gasteiger partial charge is 0.357 e. The van der Waals surface area contributed by atoms with Crippen LogP contribution in [0, 0.1) is 11.8 Å². The van der Waals surface area contributed by atoms with E-state index in [2.05, 4.69) is 27.5 Å². The number of carbonyl (C=O) groups is 1. The second-order valence-corrected chi connectivity index (χ2v) is 9.52. The van der Waals surface area contributed by atoms with Crippen molar-refractivity contribution in [3.63, 3.8) is 0 Å². The van der Waals surface area contributed by atoms with E-state index in [1.165, 1.54) is 25.7 Å². The highest BCUT2D eigenvalue weighted by Gasteiger charge is 2.27. The number of ether oxygens (including phenoxy) is 1. The molecule has 0 saturated heterocycles. The van der Waals surface area contributed by atoms with Gasteiger partial charge in [0.1, 0.15) is 5.69 Å². The molecule has 0 spiro atoms. The third-order valence-corrected chi connectivity index (χ3v) is 6.79. The summed E-state index contributed by atoms with van der Waals surface area (Å²) in [5, 5.41) is 6.91. The van der Waals surface area contributed by atoms with E-state index in [0.29, 0.717) is 24.3 Å². The van der Waals surface area contributed by atoms with Gasteiger partial charge in [-0.15, -0.1) is 0 Å². The summed E-state index contributed by atoms with van der Waals surface area (Å²) in [7, 11) is 0. The van der Waals surface area contributed by atoms with E-state index < -0.39 is 0 Å². The Morgan fingerprint density at radius 1 is 1.00 bits per heavy atom. The molecule has 6 nitrogen and oxygen atoms in total. The van der Waals surface area contributed by atoms with Crippen molar-refractivity contribution in [2.75, 3.05) is 6.61 Å². The number of amides is 1. The molecular weight excluding hydrogens is 400 g/mol. The van der Waals surface area contributed by atoms with Crippen LogP contribution in [0.25, 0.3) is 0 Å². The predicted molar refractivity (Wildman–Crippen MR) is 125 cm³/mol. The molecule has 2 saturated carbocycles. The van der Waals surface area contributed by atoms with Crippen molar-refractivity contribution in [1.29, 1.82) is 0 Å². The molecule has 2 fully saturated rings. The molecular formula is C26H36N4O2. The fourth-order valence-corrected chi connectivity index (χ4v) is 5.11. The van der Waals surface area contributed by atoms with Crippen molar-refractivity contribution < 1.29 is 9.53 Å². The van der Waals surface area contributed by atoms with E-state index in [-0.39, 0.29) is 18.2 Å². The van der Waals surface area contributed by atoms with Crippen molar-refractivity contribution in [2.24, 2.45) is 11.8 Å². The molecule has 2 aromatic rings. The zero-order valence-electron chi connectivity index (χ0n) is 19.1. The zero-order valence-corrected chi connectivity index (χ0v) is 19.1. The Morgan fingerprint density at radius 2 is 1.78 bits per heavy atom. The van der Waals surface area contributed by atoms with Crippen LogP contribution < -0.4 is 10.6 Å². The molecule has 2 unspecified atom stereocenters. The van der Waals surface area contributed by atoms with E-state index in [9.17, 15) is 4.79 Å².